The van der Waals surface area contributed by atoms with Crippen LogP contribution in [0.5, 0.6) is 5.75 Å². The summed E-state index contributed by atoms with van der Waals surface area (Å²) in [6.07, 6.45) is 0. The van der Waals surface area contributed by atoms with Crippen LogP contribution in [0, 0.1) is 3.57 Å². The normalized spacial score (nSPS) is 12.2. The first-order valence-electron chi connectivity index (χ1n) is 6.02. The summed E-state index contributed by atoms with van der Waals surface area (Å²) in [5.74, 6) is 0.689. The van der Waals surface area contributed by atoms with Crippen molar-refractivity contribution in [1.82, 2.24) is 5.32 Å². The van der Waals surface area contributed by atoms with E-state index >= 15 is 0 Å². The number of benzene rings is 2. The minimum absolute atomic E-state index is 0.0859. The lowest BCUT2D eigenvalue weighted by Gasteiger charge is -2.20. The SMILES string of the molecule is CNC(c1ccc(OC)c(Cl)c1)c1cc(Br)ccc1I. The fourth-order valence-corrected chi connectivity index (χ4v) is 3.39. The molecule has 0 bridgehead atoms. The van der Waals surface area contributed by atoms with Crippen LogP contribution >= 0.6 is 50.1 Å². The van der Waals surface area contributed by atoms with E-state index in [1.807, 2.05) is 31.3 Å². The Kier molecular flexibility index (Phi) is 5.72. The summed E-state index contributed by atoms with van der Waals surface area (Å²) in [7, 11) is 3.56. The van der Waals surface area contributed by atoms with E-state index in [1.54, 1.807) is 7.11 Å². The molecule has 5 heteroatoms. The zero-order valence-corrected chi connectivity index (χ0v) is 15.6. The van der Waals surface area contributed by atoms with Gasteiger partial charge in [-0.2, -0.15) is 0 Å². The Balaban J connectivity index is 2.46. The number of methoxy groups -OCH3 is 1. The average molecular weight is 467 g/mol. The summed E-state index contributed by atoms with van der Waals surface area (Å²) in [6.45, 7) is 0. The van der Waals surface area contributed by atoms with Crippen LogP contribution in [0.2, 0.25) is 5.02 Å². The van der Waals surface area contributed by atoms with Crippen molar-refractivity contribution in [3.8, 4) is 5.75 Å². The molecule has 0 aliphatic carbocycles. The Labute approximate surface area is 146 Å². The summed E-state index contributed by atoms with van der Waals surface area (Å²) in [6, 6.07) is 12.2. The second-order valence-corrected chi connectivity index (χ2v) is 6.77. The van der Waals surface area contributed by atoms with Crippen molar-refractivity contribution < 1.29 is 4.74 Å². The number of hydrogen-bond acceptors (Lipinski definition) is 2. The molecular weight excluding hydrogens is 452 g/mol. The molecule has 0 spiro atoms. The maximum absolute atomic E-state index is 6.23. The van der Waals surface area contributed by atoms with E-state index in [-0.39, 0.29) is 6.04 Å². The molecule has 0 fully saturated rings. The molecule has 0 heterocycles. The Morgan fingerprint density at radius 1 is 1.25 bits per heavy atom. The van der Waals surface area contributed by atoms with Gasteiger partial charge in [0, 0.05) is 8.04 Å². The maximum Gasteiger partial charge on any atom is 0.137 e. The van der Waals surface area contributed by atoms with Crippen LogP contribution in [0.4, 0.5) is 0 Å². The van der Waals surface area contributed by atoms with Crippen molar-refractivity contribution in [1.29, 1.82) is 0 Å². The Bertz CT molecular complexity index is 621. The largest absolute Gasteiger partial charge is 0.495 e. The molecule has 0 saturated carbocycles. The van der Waals surface area contributed by atoms with Crippen molar-refractivity contribution >= 4 is 50.1 Å². The van der Waals surface area contributed by atoms with E-state index in [2.05, 4.69) is 56.0 Å². The van der Waals surface area contributed by atoms with Gasteiger partial charge in [0.1, 0.15) is 5.75 Å². The molecule has 2 aromatic carbocycles. The molecule has 1 unspecified atom stereocenters. The predicted octanol–water partition coefficient (Wildman–Crippen LogP) is 5.02. The summed E-state index contributed by atoms with van der Waals surface area (Å²) in [5, 5.41) is 3.96. The zero-order chi connectivity index (χ0) is 14.7. The monoisotopic (exact) mass is 465 g/mol. The maximum atomic E-state index is 6.23. The fourth-order valence-electron chi connectivity index (χ4n) is 2.10. The van der Waals surface area contributed by atoms with Crippen LogP contribution in [0.3, 0.4) is 0 Å². The van der Waals surface area contributed by atoms with Crippen molar-refractivity contribution in [3.63, 3.8) is 0 Å². The van der Waals surface area contributed by atoms with E-state index in [4.69, 9.17) is 16.3 Å². The molecule has 2 nitrogen and oxygen atoms in total. The van der Waals surface area contributed by atoms with E-state index in [0.29, 0.717) is 10.8 Å². The number of nitrogens with one attached hydrogen (secondary N) is 1. The molecule has 0 saturated heterocycles. The van der Waals surface area contributed by atoms with Gasteiger partial charge < -0.3 is 10.1 Å². The molecule has 0 radical (unpaired) electrons. The summed E-state index contributed by atoms with van der Waals surface area (Å²) >= 11 is 12.1. The van der Waals surface area contributed by atoms with Crippen LogP contribution in [0.25, 0.3) is 0 Å². The minimum atomic E-state index is 0.0859. The molecule has 106 valence electrons. The van der Waals surface area contributed by atoms with E-state index in [0.717, 1.165) is 10.0 Å². The van der Waals surface area contributed by atoms with Gasteiger partial charge in [-0.25, -0.2) is 0 Å². The van der Waals surface area contributed by atoms with Gasteiger partial charge in [-0.3, -0.25) is 0 Å². The van der Waals surface area contributed by atoms with Gasteiger partial charge in [0.05, 0.1) is 18.2 Å². The smallest absolute Gasteiger partial charge is 0.137 e. The van der Waals surface area contributed by atoms with Crippen LogP contribution in [0.15, 0.2) is 40.9 Å². The Morgan fingerprint density at radius 3 is 2.60 bits per heavy atom. The van der Waals surface area contributed by atoms with Crippen LogP contribution in [-0.2, 0) is 0 Å². The van der Waals surface area contributed by atoms with Gasteiger partial charge in [0.25, 0.3) is 0 Å². The standard InChI is InChI=1S/C15H14BrClINO/c1-19-15(11-8-10(16)4-5-13(11)18)9-3-6-14(20-2)12(17)7-9/h3-8,15,19H,1-2H3. The lowest BCUT2D eigenvalue weighted by atomic mass is 9.99. The number of hydrogen-bond donors (Lipinski definition) is 1. The number of rotatable bonds is 4. The predicted molar refractivity (Wildman–Crippen MR) is 95.8 cm³/mol. The highest BCUT2D eigenvalue weighted by atomic mass is 127. The molecule has 1 atom stereocenters. The highest BCUT2D eigenvalue weighted by Gasteiger charge is 2.16. The number of halogens is 3. The summed E-state index contributed by atoms with van der Waals surface area (Å²) < 4.78 is 7.47. The van der Waals surface area contributed by atoms with Crippen molar-refractivity contribution in [2.24, 2.45) is 0 Å². The van der Waals surface area contributed by atoms with Gasteiger partial charge in [-0.15, -0.1) is 0 Å². The third kappa shape index (κ3) is 3.47. The highest BCUT2D eigenvalue weighted by Crippen LogP contribution is 2.32. The molecule has 2 rings (SSSR count). The lowest BCUT2D eigenvalue weighted by Crippen LogP contribution is -2.18. The van der Waals surface area contributed by atoms with Gasteiger partial charge in [0.15, 0.2) is 0 Å². The average Bonchev–Trinajstić information content (AvgIpc) is 2.44. The second kappa shape index (κ2) is 7.11. The van der Waals surface area contributed by atoms with Gasteiger partial charge in [-0.05, 0) is 71.1 Å². The molecule has 0 aliphatic heterocycles. The lowest BCUT2D eigenvalue weighted by molar-refractivity contribution is 0.414. The van der Waals surface area contributed by atoms with Crippen molar-refractivity contribution in [2.75, 3.05) is 14.2 Å². The first-order chi connectivity index (χ1) is 9.56. The molecular formula is C15H14BrClINO. The van der Waals surface area contributed by atoms with E-state index in [9.17, 15) is 0 Å². The first kappa shape index (κ1) is 16.1. The molecule has 0 amide bonds. The first-order valence-corrected chi connectivity index (χ1v) is 8.27. The van der Waals surface area contributed by atoms with Crippen LogP contribution in [0.1, 0.15) is 17.2 Å². The number of ether oxygens (including phenoxy) is 1. The van der Waals surface area contributed by atoms with Gasteiger partial charge in [-0.1, -0.05) is 33.6 Å². The summed E-state index contributed by atoms with van der Waals surface area (Å²) in [4.78, 5) is 0. The molecule has 0 aromatic heterocycles. The fraction of sp³-hybridized carbons (Fsp3) is 0.200. The molecule has 20 heavy (non-hydrogen) atoms. The van der Waals surface area contributed by atoms with Crippen molar-refractivity contribution in [3.05, 3.63) is 60.6 Å². The molecule has 1 N–H and O–H groups in total. The molecule has 2 aromatic rings. The van der Waals surface area contributed by atoms with Crippen LogP contribution < -0.4 is 10.1 Å². The third-order valence-electron chi connectivity index (χ3n) is 3.07. The Hall–Kier alpha value is -0.300. The zero-order valence-electron chi connectivity index (χ0n) is 11.1. The minimum Gasteiger partial charge on any atom is -0.495 e. The van der Waals surface area contributed by atoms with Gasteiger partial charge in [0.2, 0.25) is 0 Å². The van der Waals surface area contributed by atoms with Crippen LogP contribution in [-0.4, -0.2) is 14.2 Å². The topological polar surface area (TPSA) is 21.3 Å². The molecule has 0 aliphatic rings. The Morgan fingerprint density at radius 2 is 2.00 bits per heavy atom. The quantitative estimate of drug-likeness (QED) is 0.639. The second-order valence-electron chi connectivity index (χ2n) is 4.28. The highest BCUT2D eigenvalue weighted by molar-refractivity contribution is 14.1. The van der Waals surface area contributed by atoms with E-state index in [1.165, 1.54) is 9.13 Å². The summed E-state index contributed by atoms with van der Waals surface area (Å²) in [5.41, 5.74) is 2.32. The third-order valence-corrected chi connectivity index (χ3v) is 4.84. The van der Waals surface area contributed by atoms with Gasteiger partial charge >= 0.3 is 0 Å². The van der Waals surface area contributed by atoms with Crippen molar-refractivity contribution in [2.45, 2.75) is 6.04 Å². The van der Waals surface area contributed by atoms with E-state index < -0.39 is 0 Å².